The van der Waals surface area contributed by atoms with Gasteiger partial charge in [0.15, 0.2) is 4.77 Å². The van der Waals surface area contributed by atoms with Crippen LogP contribution in [-0.2, 0) is 4.74 Å². The number of ether oxygens (including phenoxy) is 1. The number of rotatable bonds is 2. The lowest BCUT2D eigenvalue weighted by molar-refractivity contribution is 0.0526. The summed E-state index contributed by atoms with van der Waals surface area (Å²) in [6.07, 6.45) is 0. The van der Waals surface area contributed by atoms with Crippen molar-refractivity contribution in [1.29, 1.82) is 0 Å². The molecule has 0 radical (unpaired) electrons. The molecule has 0 unspecified atom stereocenters. The van der Waals surface area contributed by atoms with Gasteiger partial charge in [0, 0.05) is 0 Å². The topological polar surface area (TPSA) is 55.0 Å². The zero-order valence-corrected chi connectivity index (χ0v) is 9.46. The highest BCUT2D eigenvalue weighted by atomic mass is 35.5. The van der Waals surface area contributed by atoms with E-state index in [0.29, 0.717) is 0 Å². The molecule has 1 rings (SSSR count). The van der Waals surface area contributed by atoms with Gasteiger partial charge in [-0.05, 0) is 19.1 Å². The maximum atomic E-state index is 11.3. The first-order valence-corrected chi connectivity index (χ1v) is 4.85. The van der Waals surface area contributed by atoms with Gasteiger partial charge >= 0.3 is 5.97 Å². The molecule has 0 aliphatic carbocycles. The van der Waals surface area contributed by atoms with Gasteiger partial charge in [-0.2, -0.15) is 0 Å². The normalized spacial score (nSPS) is 9.93. The number of nitrogens with one attached hydrogen (secondary N) is 1. The number of H-pyrrole nitrogens is 1. The molecule has 14 heavy (non-hydrogen) atoms. The minimum Gasteiger partial charge on any atom is -0.462 e. The molecule has 0 amide bonds. The number of aromatic amines is 1. The van der Waals surface area contributed by atoms with Crippen molar-refractivity contribution in [3.8, 4) is 0 Å². The van der Waals surface area contributed by atoms with Crippen molar-refractivity contribution in [2.45, 2.75) is 6.92 Å². The van der Waals surface area contributed by atoms with Gasteiger partial charge in [0.25, 0.3) is 0 Å². The molecular weight excluding hydrogens is 247 g/mol. The SMILES string of the molecule is CCOC(=O)c1c(Cl)nc(=S)[nH]c1Cl. The Hall–Kier alpha value is -0.650. The minimum atomic E-state index is -0.624. The van der Waals surface area contributed by atoms with E-state index < -0.39 is 5.97 Å². The quantitative estimate of drug-likeness (QED) is 0.500. The lowest BCUT2D eigenvalue weighted by Crippen LogP contribution is -2.08. The highest BCUT2D eigenvalue weighted by molar-refractivity contribution is 7.71. The maximum absolute atomic E-state index is 11.3. The fraction of sp³-hybridized carbons (Fsp3) is 0.286. The largest absolute Gasteiger partial charge is 0.462 e. The fourth-order valence-electron chi connectivity index (χ4n) is 0.797. The molecule has 0 fully saturated rings. The first kappa shape index (κ1) is 11.4. The Bertz CT molecular complexity index is 392. The molecule has 0 aliphatic heterocycles. The van der Waals surface area contributed by atoms with Crippen LogP contribution in [0.5, 0.6) is 0 Å². The van der Waals surface area contributed by atoms with Crippen LogP contribution >= 0.6 is 35.4 Å². The molecular formula is C7H6Cl2N2O2S. The summed E-state index contributed by atoms with van der Waals surface area (Å²) in [7, 11) is 0. The second kappa shape index (κ2) is 4.72. The van der Waals surface area contributed by atoms with E-state index in [1.54, 1.807) is 6.92 Å². The predicted molar refractivity (Wildman–Crippen MR) is 55.4 cm³/mol. The molecule has 1 aromatic rings. The van der Waals surface area contributed by atoms with Crippen LogP contribution in [0.25, 0.3) is 0 Å². The van der Waals surface area contributed by atoms with Gasteiger partial charge in [-0.25, -0.2) is 9.78 Å². The number of carbonyl (C=O) groups is 1. The molecule has 0 aliphatic rings. The number of hydrogen-bond donors (Lipinski definition) is 1. The summed E-state index contributed by atoms with van der Waals surface area (Å²) in [6, 6.07) is 0. The van der Waals surface area contributed by atoms with Gasteiger partial charge in [0.1, 0.15) is 15.9 Å². The van der Waals surface area contributed by atoms with Gasteiger partial charge < -0.3 is 9.72 Å². The maximum Gasteiger partial charge on any atom is 0.344 e. The molecule has 76 valence electrons. The van der Waals surface area contributed by atoms with Crippen molar-refractivity contribution >= 4 is 41.4 Å². The zero-order valence-electron chi connectivity index (χ0n) is 7.13. The van der Waals surface area contributed by atoms with E-state index in [2.05, 4.69) is 9.97 Å². The number of esters is 1. The lowest BCUT2D eigenvalue weighted by Gasteiger charge is -2.04. The van der Waals surface area contributed by atoms with Crippen molar-refractivity contribution in [3.63, 3.8) is 0 Å². The van der Waals surface area contributed by atoms with Crippen LogP contribution in [0.4, 0.5) is 0 Å². The molecule has 1 heterocycles. The highest BCUT2D eigenvalue weighted by Crippen LogP contribution is 2.20. The summed E-state index contributed by atoms with van der Waals surface area (Å²) in [6.45, 7) is 1.92. The van der Waals surface area contributed by atoms with E-state index in [-0.39, 0.29) is 27.2 Å². The lowest BCUT2D eigenvalue weighted by atomic mass is 10.3. The monoisotopic (exact) mass is 252 g/mol. The Morgan fingerprint density at radius 1 is 1.64 bits per heavy atom. The Balaban J connectivity index is 3.21. The van der Waals surface area contributed by atoms with Crippen LogP contribution < -0.4 is 0 Å². The minimum absolute atomic E-state index is 0.00350. The first-order chi connectivity index (χ1) is 6.56. The van der Waals surface area contributed by atoms with E-state index in [0.717, 1.165) is 0 Å². The molecule has 0 saturated heterocycles. The molecule has 0 atom stereocenters. The van der Waals surface area contributed by atoms with E-state index in [9.17, 15) is 4.79 Å². The van der Waals surface area contributed by atoms with Crippen molar-refractivity contribution in [2.75, 3.05) is 6.61 Å². The van der Waals surface area contributed by atoms with Crippen molar-refractivity contribution in [3.05, 3.63) is 20.6 Å². The number of carbonyl (C=O) groups excluding carboxylic acids is 1. The molecule has 7 heteroatoms. The summed E-state index contributed by atoms with van der Waals surface area (Å²) in [5.41, 5.74) is 0.00350. The van der Waals surface area contributed by atoms with Crippen LogP contribution in [0.1, 0.15) is 17.3 Å². The number of halogens is 2. The number of hydrogen-bond acceptors (Lipinski definition) is 4. The fourth-order valence-corrected chi connectivity index (χ4v) is 1.66. The van der Waals surface area contributed by atoms with Crippen molar-refractivity contribution in [1.82, 2.24) is 9.97 Å². The zero-order chi connectivity index (χ0) is 10.7. The summed E-state index contributed by atoms with van der Waals surface area (Å²) in [4.78, 5) is 17.5. The number of nitrogens with zero attached hydrogens (tertiary/aromatic N) is 1. The van der Waals surface area contributed by atoms with Crippen LogP contribution in [0.15, 0.2) is 0 Å². The molecule has 0 spiro atoms. The van der Waals surface area contributed by atoms with Crippen LogP contribution in [0, 0.1) is 4.77 Å². The van der Waals surface area contributed by atoms with Gasteiger partial charge in [-0.1, -0.05) is 23.2 Å². The smallest absolute Gasteiger partial charge is 0.344 e. The Labute approximate surface area is 95.2 Å². The van der Waals surface area contributed by atoms with Crippen LogP contribution in [-0.4, -0.2) is 22.5 Å². The molecule has 4 nitrogen and oxygen atoms in total. The van der Waals surface area contributed by atoms with Crippen molar-refractivity contribution < 1.29 is 9.53 Å². The van der Waals surface area contributed by atoms with E-state index in [4.69, 9.17) is 40.2 Å². The first-order valence-electron chi connectivity index (χ1n) is 3.68. The van der Waals surface area contributed by atoms with E-state index >= 15 is 0 Å². The van der Waals surface area contributed by atoms with E-state index in [1.165, 1.54) is 0 Å². The van der Waals surface area contributed by atoms with Gasteiger partial charge in [-0.15, -0.1) is 0 Å². The third-order valence-corrected chi connectivity index (χ3v) is 2.07. The standard InChI is InChI=1S/C7H6Cl2N2O2S/c1-2-13-6(12)3-4(8)10-7(14)11-5(3)9/h2H2,1H3,(H,10,11,14). The summed E-state index contributed by atoms with van der Waals surface area (Å²) >= 11 is 16.1. The Morgan fingerprint density at radius 3 is 2.79 bits per heavy atom. The molecule has 0 saturated carbocycles. The summed E-state index contributed by atoms with van der Waals surface area (Å²) in [5, 5.41) is -0.0225. The van der Waals surface area contributed by atoms with Gasteiger partial charge in [0.2, 0.25) is 0 Å². The molecule has 0 aromatic carbocycles. The predicted octanol–water partition coefficient (Wildman–Crippen LogP) is 2.62. The molecule has 0 bridgehead atoms. The molecule has 1 aromatic heterocycles. The van der Waals surface area contributed by atoms with Crippen LogP contribution in [0.2, 0.25) is 10.3 Å². The summed E-state index contributed by atoms with van der Waals surface area (Å²) < 4.78 is 4.85. The number of aromatic nitrogens is 2. The van der Waals surface area contributed by atoms with Crippen molar-refractivity contribution in [2.24, 2.45) is 0 Å². The third kappa shape index (κ3) is 2.43. The third-order valence-electron chi connectivity index (χ3n) is 1.32. The highest BCUT2D eigenvalue weighted by Gasteiger charge is 2.17. The average molecular weight is 253 g/mol. The second-order valence-corrected chi connectivity index (χ2v) is 3.36. The second-order valence-electron chi connectivity index (χ2n) is 2.24. The van der Waals surface area contributed by atoms with Gasteiger partial charge in [-0.3, -0.25) is 0 Å². The molecule has 1 N–H and O–H groups in total. The Kier molecular flexibility index (Phi) is 3.86. The average Bonchev–Trinajstić information content (AvgIpc) is 2.01. The Morgan fingerprint density at radius 2 is 2.29 bits per heavy atom. The van der Waals surface area contributed by atoms with Crippen LogP contribution in [0.3, 0.4) is 0 Å². The van der Waals surface area contributed by atoms with Gasteiger partial charge in [0.05, 0.1) is 6.61 Å². The summed E-state index contributed by atoms with van der Waals surface area (Å²) in [5.74, 6) is -0.624. The van der Waals surface area contributed by atoms with E-state index in [1.807, 2.05) is 0 Å².